The van der Waals surface area contributed by atoms with Crippen LogP contribution in [0.3, 0.4) is 0 Å². The molecule has 1 aromatic rings. The highest BCUT2D eigenvalue weighted by Gasteiger charge is 2.11. The Balaban J connectivity index is 3.05. The molecule has 0 atom stereocenters. The van der Waals surface area contributed by atoms with Crippen molar-refractivity contribution in [3.05, 3.63) is 28.2 Å². The van der Waals surface area contributed by atoms with Crippen LogP contribution in [0.4, 0.5) is 4.39 Å². The number of thiophene rings is 1. The van der Waals surface area contributed by atoms with Crippen LogP contribution in [-0.2, 0) is 4.79 Å². The predicted octanol–water partition coefficient (Wildman–Crippen LogP) is 2.53. The van der Waals surface area contributed by atoms with Crippen LogP contribution in [0.1, 0.15) is 11.8 Å². The number of hydrogen-bond acceptors (Lipinski definition) is 2. The molecule has 0 aliphatic carbocycles. The fourth-order valence-corrected chi connectivity index (χ4v) is 1.49. The fourth-order valence-electron chi connectivity index (χ4n) is 0.761. The summed E-state index contributed by atoms with van der Waals surface area (Å²) in [6, 6.07) is 3.43. The minimum atomic E-state index is -1.51. The molecule has 1 heterocycles. The monoisotopic (exact) mass is 186 g/mol. The first-order valence-corrected chi connectivity index (χ1v) is 4.14. The highest BCUT2D eigenvalue weighted by molar-refractivity contribution is 7.11. The zero-order valence-electron chi connectivity index (χ0n) is 6.37. The van der Waals surface area contributed by atoms with Gasteiger partial charge in [0.2, 0.25) is 5.83 Å². The molecular formula is C8H7FO2S. The maximum absolute atomic E-state index is 12.8. The molecule has 0 spiro atoms. The SMILES string of the molecule is CC(=C(F)C(=O)O)c1cccs1. The van der Waals surface area contributed by atoms with Crippen molar-refractivity contribution in [2.75, 3.05) is 0 Å². The van der Waals surface area contributed by atoms with E-state index in [1.165, 1.54) is 18.3 Å². The maximum Gasteiger partial charge on any atom is 0.365 e. The molecule has 0 amide bonds. The Hall–Kier alpha value is -1.16. The average molecular weight is 186 g/mol. The van der Waals surface area contributed by atoms with Crippen LogP contribution in [0.15, 0.2) is 23.3 Å². The molecule has 0 aliphatic heterocycles. The highest BCUT2D eigenvalue weighted by atomic mass is 32.1. The topological polar surface area (TPSA) is 37.3 Å². The van der Waals surface area contributed by atoms with Gasteiger partial charge in [0.05, 0.1) is 0 Å². The third kappa shape index (κ3) is 1.71. The standard InChI is InChI=1S/C8H7FO2S/c1-5(7(9)8(10)11)6-3-2-4-12-6/h2-4H,1H3,(H,10,11). The molecule has 1 aromatic heterocycles. The molecule has 4 heteroatoms. The van der Waals surface area contributed by atoms with E-state index in [1.54, 1.807) is 17.5 Å². The summed E-state index contributed by atoms with van der Waals surface area (Å²) >= 11 is 1.32. The summed E-state index contributed by atoms with van der Waals surface area (Å²) in [7, 11) is 0. The number of allylic oxidation sites excluding steroid dienone is 1. The van der Waals surface area contributed by atoms with Crippen LogP contribution in [-0.4, -0.2) is 11.1 Å². The summed E-state index contributed by atoms with van der Waals surface area (Å²) < 4.78 is 12.8. The van der Waals surface area contributed by atoms with Crippen LogP contribution in [0.25, 0.3) is 5.57 Å². The summed E-state index contributed by atoms with van der Waals surface area (Å²) in [6.07, 6.45) is 0. The molecule has 0 fully saturated rings. The van der Waals surface area contributed by atoms with Gasteiger partial charge in [-0.05, 0) is 18.4 Å². The molecule has 0 saturated heterocycles. The molecule has 0 radical (unpaired) electrons. The molecule has 1 N–H and O–H groups in total. The van der Waals surface area contributed by atoms with Crippen molar-refractivity contribution in [2.24, 2.45) is 0 Å². The second kappa shape index (κ2) is 3.49. The van der Waals surface area contributed by atoms with Crippen molar-refractivity contribution >= 4 is 22.9 Å². The maximum atomic E-state index is 12.8. The van der Waals surface area contributed by atoms with E-state index < -0.39 is 11.8 Å². The molecule has 12 heavy (non-hydrogen) atoms. The second-order valence-electron chi connectivity index (χ2n) is 2.22. The Morgan fingerprint density at radius 2 is 2.33 bits per heavy atom. The fraction of sp³-hybridized carbons (Fsp3) is 0.125. The van der Waals surface area contributed by atoms with E-state index in [0.717, 1.165) is 0 Å². The molecule has 0 saturated carbocycles. The lowest BCUT2D eigenvalue weighted by atomic mass is 10.2. The summed E-state index contributed by atoms with van der Waals surface area (Å²) in [4.78, 5) is 10.9. The van der Waals surface area contributed by atoms with Crippen molar-refractivity contribution in [3.63, 3.8) is 0 Å². The van der Waals surface area contributed by atoms with Crippen molar-refractivity contribution in [2.45, 2.75) is 6.92 Å². The number of rotatable bonds is 2. The van der Waals surface area contributed by atoms with E-state index >= 15 is 0 Å². The minimum Gasteiger partial charge on any atom is -0.476 e. The molecule has 0 unspecified atom stereocenters. The molecule has 0 bridgehead atoms. The summed E-state index contributed by atoms with van der Waals surface area (Å²) in [6.45, 7) is 1.45. The van der Waals surface area contributed by atoms with Gasteiger partial charge in [-0.3, -0.25) is 0 Å². The van der Waals surface area contributed by atoms with Crippen LogP contribution >= 0.6 is 11.3 Å². The summed E-state index contributed by atoms with van der Waals surface area (Å²) in [5, 5.41) is 10.1. The van der Waals surface area contributed by atoms with Crippen LogP contribution in [0.2, 0.25) is 0 Å². The third-order valence-corrected chi connectivity index (χ3v) is 2.40. The quantitative estimate of drug-likeness (QED) is 0.720. The van der Waals surface area contributed by atoms with Crippen molar-refractivity contribution < 1.29 is 14.3 Å². The lowest BCUT2D eigenvalue weighted by Gasteiger charge is -1.95. The minimum absolute atomic E-state index is 0.178. The van der Waals surface area contributed by atoms with Gasteiger partial charge in [0, 0.05) is 10.5 Å². The zero-order chi connectivity index (χ0) is 9.14. The van der Waals surface area contributed by atoms with Gasteiger partial charge in [-0.15, -0.1) is 11.3 Å². The zero-order valence-corrected chi connectivity index (χ0v) is 7.19. The summed E-state index contributed by atoms with van der Waals surface area (Å²) in [5.74, 6) is -2.60. The largest absolute Gasteiger partial charge is 0.476 e. The van der Waals surface area contributed by atoms with Gasteiger partial charge in [-0.2, -0.15) is 4.39 Å². The highest BCUT2D eigenvalue weighted by Crippen LogP contribution is 2.23. The normalized spacial score (nSPS) is 12.5. The Labute approximate surface area is 73.0 Å². The number of aliphatic carboxylic acids is 1. The van der Waals surface area contributed by atoms with Gasteiger partial charge in [-0.1, -0.05) is 6.07 Å². The molecular weight excluding hydrogens is 179 g/mol. The second-order valence-corrected chi connectivity index (χ2v) is 3.17. The average Bonchev–Trinajstić information content (AvgIpc) is 2.53. The van der Waals surface area contributed by atoms with E-state index in [9.17, 15) is 9.18 Å². The van der Waals surface area contributed by atoms with Gasteiger partial charge in [-0.25, -0.2) is 4.79 Å². The number of carbonyl (C=O) groups is 1. The van der Waals surface area contributed by atoms with Crippen LogP contribution in [0, 0.1) is 0 Å². The van der Waals surface area contributed by atoms with Crippen LogP contribution < -0.4 is 0 Å². The van der Waals surface area contributed by atoms with E-state index in [1.807, 2.05) is 0 Å². The van der Waals surface area contributed by atoms with Gasteiger partial charge >= 0.3 is 5.97 Å². The lowest BCUT2D eigenvalue weighted by molar-refractivity contribution is -0.134. The first-order chi connectivity index (χ1) is 5.63. The van der Waals surface area contributed by atoms with Crippen molar-refractivity contribution in [3.8, 4) is 0 Å². The lowest BCUT2D eigenvalue weighted by Crippen LogP contribution is -1.96. The van der Waals surface area contributed by atoms with Gasteiger partial charge in [0.15, 0.2) is 0 Å². The molecule has 2 nitrogen and oxygen atoms in total. The number of hydrogen-bond donors (Lipinski definition) is 1. The Bertz CT molecular complexity index is 314. The van der Waals surface area contributed by atoms with E-state index in [0.29, 0.717) is 4.88 Å². The number of carboxylic acid groups (broad SMARTS) is 1. The number of halogens is 1. The Morgan fingerprint density at radius 1 is 1.67 bits per heavy atom. The van der Waals surface area contributed by atoms with Crippen molar-refractivity contribution in [1.29, 1.82) is 0 Å². The first kappa shape index (κ1) is 8.93. The van der Waals surface area contributed by atoms with E-state index in [-0.39, 0.29) is 5.57 Å². The van der Waals surface area contributed by atoms with E-state index in [4.69, 9.17) is 5.11 Å². The first-order valence-electron chi connectivity index (χ1n) is 3.26. The third-order valence-electron chi connectivity index (χ3n) is 1.41. The predicted molar refractivity (Wildman–Crippen MR) is 45.7 cm³/mol. The smallest absolute Gasteiger partial charge is 0.365 e. The number of carboxylic acids is 1. The molecule has 0 aromatic carbocycles. The Morgan fingerprint density at radius 3 is 2.75 bits per heavy atom. The van der Waals surface area contributed by atoms with Crippen molar-refractivity contribution in [1.82, 2.24) is 0 Å². The molecule has 64 valence electrons. The van der Waals surface area contributed by atoms with Gasteiger partial charge in [0.25, 0.3) is 0 Å². The van der Waals surface area contributed by atoms with Gasteiger partial charge < -0.3 is 5.11 Å². The molecule has 0 aliphatic rings. The Kier molecular flexibility index (Phi) is 2.60. The molecule has 1 rings (SSSR count). The summed E-state index contributed by atoms with van der Waals surface area (Å²) in [5.41, 5.74) is 0.178. The van der Waals surface area contributed by atoms with E-state index in [2.05, 4.69) is 0 Å². The van der Waals surface area contributed by atoms with Crippen LogP contribution in [0.5, 0.6) is 0 Å². The van der Waals surface area contributed by atoms with Gasteiger partial charge in [0.1, 0.15) is 0 Å².